The Labute approximate surface area is 241 Å². The molecule has 0 radical (unpaired) electrons. The van der Waals surface area contributed by atoms with Crippen LogP contribution in [0.5, 0.6) is 0 Å². The van der Waals surface area contributed by atoms with Crippen LogP contribution in [-0.4, -0.2) is 48.1 Å². The molecule has 2 saturated heterocycles. The lowest BCUT2D eigenvalue weighted by Crippen LogP contribution is -2.30. The Kier molecular flexibility index (Phi) is 15.8. The highest BCUT2D eigenvalue weighted by Crippen LogP contribution is 2.28. The highest BCUT2D eigenvalue weighted by atomic mass is 16.2. The van der Waals surface area contributed by atoms with Gasteiger partial charge in [-0.2, -0.15) is 5.26 Å². The fourth-order valence-corrected chi connectivity index (χ4v) is 4.70. The summed E-state index contributed by atoms with van der Waals surface area (Å²) in [5.74, 6) is 0.133. The summed E-state index contributed by atoms with van der Waals surface area (Å²) >= 11 is 0. The summed E-state index contributed by atoms with van der Waals surface area (Å²) in [6.45, 7) is 20.8. The highest BCUT2D eigenvalue weighted by molar-refractivity contribution is 6.12. The van der Waals surface area contributed by atoms with Crippen molar-refractivity contribution in [3.63, 3.8) is 0 Å². The smallest absolute Gasteiger partial charge is 0.255 e. The lowest BCUT2D eigenvalue weighted by Gasteiger charge is -2.18. The van der Waals surface area contributed by atoms with Crippen molar-refractivity contribution in [1.29, 1.82) is 10.7 Å². The van der Waals surface area contributed by atoms with Gasteiger partial charge in [0.15, 0.2) is 0 Å². The minimum atomic E-state index is -0.112. The van der Waals surface area contributed by atoms with E-state index >= 15 is 0 Å². The number of rotatable bonds is 9. The lowest BCUT2D eigenvalue weighted by molar-refractivity contribution is -0.125. The summed E-state index contributed by atoms with van der Waals surface area (Å²) in [7, 11) is 0. The van der Waals surface area contributed by atoms with Gasteiger partial charge in [0.25, 0.3) is 5.91 Å². The summed E-state index contributed by atoms with van der Waals surface area (Å²) in [6, 6.07) is 9.76. The van der Waals surface area contributed by atoms with Crippen LogP contribution >= 0.6 is 0 Å². The molecular weight excluding hydrogens is 494 g/mol. The highest BCUT2D eigenvalue weighted by Gasteiger charge is 2.28. The van der Waals surface area contributed by atoms with Crippen LogP contribution in [0.15, 0.2) is 110 Å². The second kappa shape index (κ2) is 18.8. The number of carbonyl (C=O) groups excluding carboxylic acids is 1. The quantitative estimate of drug-likeness (QED) is 0.156. The largest absolute Gasteiger partial charge is 0.405 e. The van der Waals surface area contributed by atoms with Crippen LogP contribution in [0.4, 0.5) is 0 Å². The molecule has 6 heteroatoms. The first-order chi connectivity index (χ1) is 19.4. The Morgan fingerprint density at radius 2 is 1.73 bits per heavy atom. The zero-order valence-corrected chi connectivity index (χ0v) is 24.2. The summed E-state index contributed by atoms with van der Waals surface area (Å²) < 4.78 is 0. The van der Waals surface area contributed by atoms with Gasteiger partial charge >= 0.3 is 0 Å². The van der Waals surface area contributed by atoms with Crippen molar-refractivity contribution in [3.8, 4) is 6.07 Å². The van der Waals surface area contributed by atoms with Crippen molar-refractivity contribution in [2.75, 3.05) is 26.2 Å². The van der Waals surface area contributed by atoms with Crippen LogP contribution in [0.1, 0.15) is 56.6 Å². The molecule has 1 amide bonds. The van der Waals surface area contributed by atoms with E-state index in [0.717, 1.165) is 48.3 Å². The number of nitrogens with two attached hydrogens (primary N) is 1. The topological polar surface area (TPSA) is 97.2 Å². The van der Waals surface area contributed by atoms with E-state index in [1.54, 1.807) is 0 Å². The molecule has 0 spiro atoms. The summed E-state index contributed by atoms with van der Waals surface area (Å²) in [6.07, 6.45) is 16.6. The fraction of sp³-hybridized carbons (Fsp3) is 0.324. The first-order valence-electron chi connectivity index (χ1n) is 13.7. The first-order valence-corrected chi connectivity index (χ1v) is 13.7. The van der Waals surface area contributed by atoms with Crippen molar-refractivity contribution in [3.05, 3.63) is 121 Å². The van der Waals surface area contributed by atoms with Crippen LogP contribution in [0.3, 0.4) is 0 Å². The van der Waals surface area contributed by atoms with Crippen LogP contribution in [0.25, 0.3) is 0 Å². The van der Waals surface area contributed by atoms with Gasteiger partial charge in [0, 0.05) is 44.0 Å². The third-order valence-electron chi connectivity index (χ3n) is 6.74. The SMILES string of the molecule is C=C.C=C(\C=C/C(=C\C)C(=C\CC)/C=C(\C=N)C(=O)N1CCC(c2ccc(C#N)cc2)C1)N1CCCC1.C=CN. The number of nitrogens with one attached hydrogen (secondary N) is 1. The Balaban J connectivity index is 0.00000150. The molecule has 212 valence electrons. The maximum Gasteiger partial charge on any atom is 0.255 e. The second-order valence-electron chi connectivity index (χ2n) is 9.28. The number of hydrogen-bond acceptors (Lipinski definition) is 5. The zero-order chi connectivity index (χ0) is 29.9. The monoisotopic (exact) mass is 539 g/mol. The molecule has 1 aromatic carbocycles. The van der Waals surface area contributed by atoms with Gasteiger partial charge in [0.05, 0.1) is 17.2 Å². The molecule has 2 aliphatic rings. The standard InChI is InChI=1S/C30H36N4O.C2H5N.C2H4/c1-4-8-27(25(5-2)12-9-23(3)33-16-6-7-17-33)19-29(21-32)30(35)34-18-15-28(22-34)26-13-10-24(20-31)11-14-26;1-2-3;1-2/h5,8-14,19,21,28,32H,3-4,6-7,15-18,22H2,1-2H3;2H,1,3H2;1-2H2/b12-9-,25-5+,27-8-,29-19+,32-21?;;. The number of amides is 1. The van der Waals surface area contributed by atoms with E-state index in [9.17, 15) is 4.79 Å². The van der Waals surface area contributed by atoms with E-state index in [4.69, 9.17) is 10.7 Å². The number of allylic oxidation sites excluding steroid dienone is 7. The van der Waals surface area contributed by atoms with Gasteiger partial charge in [-0.1, -0.05) is 50.4 Å². The molecule has 6 nitrogen and oxygen atoms in total. The number of likely N-dealkylation sites (tertiary alicyclic amines) is 2. The summed E-state index contributed by atoms with van der Waals surface area (Å²) in [5.41, 5.74) is 9.74. The molecule has 3 N–H and O–H groups in total. The van der Waals surface area contributed by atoms with Crippen LogP contribution in [0.2, 0.25) is 0 Å². The maximum absolute atomic E-state index is 13.3. The summed E-state index contributed by atoms with van der Waals surface area (Å²) in [5, 5.41) is 17.0. The normalized spacial score (nSPS) is 17.3. The minimum Gasteiger partial charge on any atom is -0.405 e. The van der Waals surface area contributed by atoms with Gasteiger partial charge in [-0.3, -0.25) is 4.79 Å². The molecule has 3 rings (SSSR count). The maximum atomic E-state index is 13.3. The Morgan fingerprint density at radius 3 is 2.25 bits per heavy atom. The molecule has 40 heavy (non-hydrogen) atoms. The van der Waals surface area contributed by atoms with Crippen LogP contribution in [0, 0.1) is 16.7 Å². The lowest BCUT2D eigenvalue weighted by atomic mass is 9.97. The number of nitriles is 1. The van der Waals surface area contributed by atoms with E-state index in [1.807, 2.05) is 54.3 Å². The van der Waals surface area contributed by atoms with E-state index in [-0.39, 0.29) is 11.8 Å². The predicted molar refractivity (Wildman–Crippen MR) is 169 cm³/mol. The Morgan fingerprint density at radius 1 is 1.10 bits per heavy atom. The zero-order valence-electron chi connectivity index (χ0n) is 24.2. The van der Waals surface area contributed by atoms with Gasteiger partial charge < -0.3 is 20.9 Å². The molecule has 2 aliphatic heterocycles. The van der Waals surface area contributed by atoms with Crippen molar-refractivity contribution in [2.45, 2.75) is 45.4 Å². The van der Waals surface area contributed by atoms with Crippen LogP contribution < -0.4 is 5.73 Å². The first kappa shape index (κ1) is 33.7. The van der Waals surface area contributed by atoms with Gasteiger partial charge in [0.1, 0.15) is 0 Å². The van der Waals surface area contributed by atoms with Gasteiger partial charge in [-0.05, 0) is 79.8 Å². The third kappa shape index (κ3) is 10.1. The fourth-order valence-electron chi connectivity index (χ4n) is 4.70. The second-order valence-corrected chi connectivity index (χ2v) is 9.28. The van der Waals surface area contributed by atoms with E-state index in [1.165, 1.54) is 25.3 Å². The molecule has 0 bridgehead atoms. The minimum absolute atomic E-state index is 0.112. The number of benzene rings is 1. The molecule has 0 aromatic heterocycles. The van der Waals surface area contributed by atoms with Crippen molar-refractivity contribution < 1.29 is 4.79 Å². The molecule has 2 fully saturated rings. The molecular formula is C34H45N5O. The molecule has 1 unspecified atom stereocenters. The number of hydrogen-bond donors (Lipinski definition) is 2. The Hall–Kier alpha value is -4.37. The predicted octanol–water partition coefficient (Wildman–Crippen LogP) is 6.79. The van der Waals surface area contributed by atoms with Crippen molar-refractivity contribution in [2.24, 2.45) is 5.73 Å². The molecule has 1 aromatic rings. The van der Waals surface area contributed by atoms with E-state index < -0.39 is 0 Å². The average molecular weight is 540 g/mol. The number of carbonyl (C=O) groups is 1. The summed E-state index contributed by atoms with van der Waals surface area (Å²) in [4.78, 5) is 17.5. The van der Waals surface area contributed by atoms with Crippen LogP contribution in [-0.2, 0) is 4.79 Å². The van der Waals surface area contributed by atoms with Gasteiger partial charge in [-0.25, -0.2) is 0 Å². The Bertz CT molecular complexity index is 1160. The van der Waals surface area contributed by atoms with Crippen molar-refractivity contribution >= 4 is 12.1 Å². The van der Waals surface area contributed by atoms with Gasteiger partial charge in [-0.15, -0.1) is 13.2 Å². The third-order valence-corrected chi connectivity index (χ3v) is 6.74. The number of nitrogens with zero attached hydrogens (tertiary/aromatic N) is 3. The van der Waals surface area contributed by atoms with Gasteiger partial charge in [0.2, 0.25) is 0 Å². The molecule has 0 aliphatic carbocycles. The van der Waals surface area contributed by atoms with E-state index in [0.29, 0.717) is 24.2 Å². The average Bonchev–Trinajstić information content (AvgIpc) is 3.70. The van der Waals surface area contributed by atoms with Crippen molar-refractivity contribution in [1.82, 2.24) is 9.80 Å². The molecule has 0 saturated carbocycles. The molecule has 1 atom stereocenters. The molecule has 2 heterocycles. The van der Waals surface area contributed by atoms with E-state index in [2.05, 4.69) is 62.1 Å².